The summed E-state index contributed by atoms with van der Waals surface area (Å²) in [4.78, 5) is 10.5. The van der Waals surface area contributed by atoms with Crippen molar-refractivity contribution in [1.82, 2.24) is 0 Å². The summed E-state index contributed by atoms with van der Waals surface area (Å²) in [6, 6.07) is 26.4. The van der Waals surface area contributed by atoms with Crippen LogP contribution in [0.25, 0.3) is 0 Å². The van der Waals surface area contributed by atoms with Crippen molar-refractivity contribution in [2.45, 2.75) is 45.3 Å². The number of hydrogen-bond donors (Lipinski definition) is 0. The van der Waals surface area contributed by atoms with Crippen LogP contribution in [-0.2, 0) is 24.4 Å². The van der Waals surface area contributed by atoms with Crippen LogP contribution < -0.4 is 9.47 Å². The molecular weight excluding hydrogens is 360 g/mol. The molecule has 0 bridgehead atoms. The number of aryl methyl sites for hydroxylation is 1. The Bertz CT molecular complexity index is 860. The number of hydrogen-bond acceptors (Lipinski definition) is 3. The second kappa shape index (κ2) is 11.7. The molecule has 0 amide bonds. The molecule has 0 atom stereocenters. The highest BCUT2D eigenvalue weighted by molar-refractivity contribution is 5.49. The van der Waals surface area contributed by atoms with Gasteiger partial charge >= 0.3 is 0 Å². The molecule has 0 N–H and O–H groups in total. The topological polar surface area (TPSA) is 35.5 Å². The highest BCUT2D eigenvalue weighted by atomic mass is 16.5. The first kappa shape index (κ1) is 20.7. The van der Waals surface area contributed by atoms with Crippen molar-refractivity contribution in [3.63, 3.8) is 0 Å². The average molecular weight is 389 g/mol. The molecule has 0 aromatic heterocycles. The summed E-state index contributed by atoms with van der Waals surface area (Å²) in [5.74, 6) is 1.68. The van der Waals surface area contributed by atoms with Crippen LogP contribution in [-0.4, -0.2) is 6.29 Å². The largest absolute Gasteiger partial charge is 0.489 e. The predicted molar refractivity (Wildman–Crippen MR) is 116 cm³/mol. The molecule has 0 radical (unpaired) electrons. The molecule has 3 rings (SSSR count). The summed E-state index contributed by atoms with van der Waals surface area (Å²) in [7, 11) is 0. The molecule has 0 unspecified atom stereocenters. The lowest BCUT2D eigenvalue weighted by atomic mass is 10.0. The molecule has 0 aliphatic heterocycles. The molecule has 0 fully saturated rings. The molecule has 150 valence electrons. The molecule has 0 saturated heterocycles. The van der Waals surface area contributed by atoms with Gasteiger partial charge in [0.2, 0.25) is 0 Å². The smallest absolute Gasteiger partial charge is 0.126 e. The number of aldehydes is 1. The van der Waals surface area contributed by atoms with Crippen LogP contribution in [0.5, 0.6) is 11.5 Å². The molecule has 29 heavy (non-hydrogen) atoms. The standard InChI is InChI=1S/C26H28O3/c27-18-10-2-1-9-15-24-16-17-25(28-20-22-11-5-3-6-12-22)19-26(24)29-21-23-13-7-4-8-14-23/h3-8,11-14,16-19H,1-2,9-10,15,20-21H2. The van der Waals surface area contributed by atoms with Crippen LogP contribution in [0, 0.1) is 0 Å². The summed E-state index contributed by atoms with van der Waals surface area (Å²) in [6.45, 7) is 1.06. The second-order valence-corrected chi connectivity index (χ2v) is 7.08. The fraction of sp³-hybridized carbons (Fsp3) is 0.269. The zero-order valence-electron chi connectivity index (χ0n) is 16.8. The minimum Gasteiger partial charge on any atom is -0.489 e. The van der Waals surface area contributed by atoms with Crippen molar-refractivity contribution >= 4 is 6.29 Å². The molecule has 0 aliphatic carbocycles. The van der Waals surface area contributed by atoms with E-state index in [0.29, 0.717) is 19.6 Å². The maximum Gasteiger partial charge on any atom is 0.126 e. The zero-order chi connectivity index (χ0) is 20.2. The Morgan fingerprint density at radius 1 is 0.690 bits per heavy atom. The van der Waals surface area contributed by atoms with Crippen LogP contribution >= 0.6 is 0 Å². The van der Waals surface area contributed by atoms with E-state index in [-0.39, 0.29) is 0 Å². The Labute approximate surface area is 173 Å². The molecule has 3 nitrogen and oxygen atoms in total. The number of rotatable bonds is 12. The van der Waals surface area contributed by atoms with Crippen LogP contribution in [0.3, 0.4) is 0 Å². The lowest BCUT2D eigenvalue weighted by Crippen LogP contribution is -2.01. The van der Waals surface area contributed by atoms with Gasteiger partial charge in [-0.15, -0.1) is 0 Å². The molecule has 3 heteroatoms. The Kier molecular flexibility index (Phi) is 8.34. The van der Waals surface area contributed by atoms with Gasteiger partial charge in [0, 0.05) is 12.5 Å². The second-order valence-electron chi connectivity index (χ2n) is 7.08. The highest BCUT2D eigenvalue weighted by Gasteiger charge is 2.08. The minimum absolute atomic E-state index is 0.529. The zero-order valence-corrected chi connectivity index (χ0v) is 16.8. The third-order valence-corrected chi connectivity index (χ3v) is 4.79. The summed E-state index contributed by atoms with van der Waals surface area (Å²) in [5.41, 5.74) is 3.46. The molecule has 0 saturated carbocycles. The van der Waals surface area contributed by atoms with E-state index in [2.05, 4.69) is 30.3 Å². The van der Waals surface area contributed by atoms with Crippen LogP contribution in [0.2, 0.25) is 0 Å². The van der Waals surface area contributed by atoms with E-state index in [1.165, 1.54) is 5.56 Å². The molecular formula is C26H28O3. The summed E-state index contributed by atoms with van der Waals surface area (Å²) in [6.07, 6.45) is 5.60. The van der Waals surface area contributed by atoms with Crippen molar-refractivity contribution < 1.29 is 14.3 Å². The van der Waals surface area contributed by atoms with Crippen molar-refractivity contribution in [1.29, 1.82) is 0 Å². The number of carbonyl (C=O) groups is 1. The first-order valence-corrected chi connectivity index (χ1v) is 10.2. The van der Waals surface area contributed by atoms with Crippen molar-refractivity contribution in [3.8, 4) is 11.5 Å². The van der Waals surface area contributed by atoms with Gasteiger partial charge in [-0.2, -0.15) is 0 Å². The van der Waals surface area contributed by atoms with Gasteiger partial charge in [0.15, 0.2) is 0 Å². The molecule has 0 aliphatic rings. The lowest BCUT2D eigenvalue weighted by Gasteiger charge is -2.14. The van der Waals surface area contributed by atoms with Crippen molar-refractivity contribution in [2.75, 3.05) is 0 Å². The van der Waals surface area contributed by atoms with Gasteiger partial charge in [0.25, 0.3) is 0 Å². The molecule has 3 aromatic rings. The van der Waals surface area contributed by atoms with E-state index in [4.69, 9.17) is 9.47 Å². The fourth-order valence-corrected chi connectivity index (χ4v) is 3.16. The number of carbonyl (C=O) groups excluding carboxylic acids is 1. The van der Waals surface area contributed by atoms with E-state index in [9.17, 15) is 4.79 Å². The first-order valence-electron chi connectivity index (χ1n) is 10.2. The van der Waals surface area contributed by atoms with Gasteiger partial charge in [0.1, 0.15) is 31.0 Å². The van der Waals surface area contributed by atoms with E-state index < -0.39 is 0 Å². The van der Waals surface area contributed by atoms with E-state index in [1.54, 1.807) is 0 Å². The average Bonchev–Trinajstić information content (AvgIpc) is 2.78. The van der Waals surface area contributed by atoms with Gasteiger partial charge < -0.3 is 14.3 Å². The van der Waals surface area contributed by atoms with Gasteiger partial charge in [-0.1, -0.05) is 73.2 Å². The Balaban J connectivity index is 1.65. The molecule has 0 spiro atoms. The van der Waals surface area contributed by atoms with Crippen LogP contribution in [0.4, 0.5) is 0 Å². The third-order valence-electron chi connectivity index (χ3n) is 4.79. The monoisotopic (exact) mass is 388 g/mol. The highest BCUT2D eigenvalue weighted by Crippen LogP contribution is 2.28. The summed E-state index contributed by atoms with van der Waals surface area (Å²) >= 11 is 0. The number of unbranched alkanes of at least 4 members (excludes halogenated alkanes) is 3. The molecule has 0 heterocycles. The Hall–Kier alpha value is -3.07. The summed E-state index contributed by atoms with van der Waals surface area (Å²) < 4.78 is 12.1. The lowest BCUT2D eigenvalue weighted by molar-refractivity contribution is -0.107. The quantitative estimate of drug-likeness (QED) is 0.276. The van der Waals surface area contributed by atoms with E-state index >= 15 is 0 Å². The SMILES string of the molecule is O=CCCCCCc1ccc(OCc2ccccc2)cc1OCc1ccccc1. The van der Waals surface area contributed by atoms with Crippen LogP contribution in [0.15, 0.2) is 78.9 Å². The van der Waals surface area contributed by atoms with Crippen molar-refractivity contribution in [2.24, 2.45) is 0 Å². The van der Waals surface area contributed by atoms with Gasteiger partial charge in [0.05, 0.1) is 0 Å². The van der Waals surface area contributed by atoms with Gasteiger partial charge in [-0.3, -0.25) is 0 Å². The van der Waals surface area contributed by atoms with E-state index in [1.807, 2.05) is 48.5 Å². The maximum atomic E-state index is 10.5. The maximum absolute atomic E-state index is 10.5. The minimum atomic E-state index is 0.529. The number of benzene rings is 3. The fourth-order valence-electron chi connectivity index (χ4n) is 3.16. The Morgan fingerprint density at radius 3 is 2.00 bits per heavy atom. The van der Waals surface area contributed by atoms with Gasteiger partial charge in [-0.05, 0) is 42.0 Å². The van der Waals surface area contributed by atoms with E-state index in [0.717, 1.165) is 54.6 Å². The summed E-state index contributed by atoms with van der Waals surface area (Å²) in [5, 5.41) is 0. The Morgan fingerprint density at radius 2 is 1.34 bits per heavy atom. The normalized spacial score (nSPS) is 10.5. The molecule has 3 aromatic carbocycles. The third kappa shape index (κ3) is 7.11. The van der Waals surface area contributed by atoms with Gasteiger partial charge in [-0.25, -0.2) is 0 Å². The van der Waals surface area contributed by atoms with Crippen molar-refractivity contribution in [3.05, 3.63) is 95.6 Å². The predicted octanol–water partition coefficient (Wildman–Crippen LogP) is 6.15. The van der Waals surface area contributed by atoms with Crippen LogP contribution in [0.1, 0.15) is 42.4 Å². The first-order chi connectivity index (χ1) is 14.3. The number of ether oxygens (including phenoxy) is 2.